The van der Waals surface area contributed by atoms with Gasteiger partial charge in [0.05, 0.1) is 37.3 Å². The molecule has 1 aromatic rings. The fourth-order valence-corrected chi connectivity index (χ4v) is 2.38. The summed E-state index contributed by atoms with van der Waals surface area (Å²) in [5, 5.41) is 8.18. The van der Waals surface area contributed by atoms with E-state index in [-0.39, 0.29) is 43.9 Å². The van der Waals surface area contributed by atoms with Gasteiger partial charge in [-0.2, -0.15) is 0 Å². The van der Waals surface area contributed by atoms with Gasteiger partial charge in [0.1, 0.15) is 0 Å². The van der Waals surface area contributed by atoms with Crippen LogP contribution in [0.4, 0.5) is 0 Å². The zero-order chi connectivity index (χ0) is 13.9. The number of ether oxygens (including phenoxy) is 1. The molecule has 0 amide bonds. The Balaban J connectivity index is 3.13. The van der Waals surface area contributed by atoms with E-state index in [1.54, 1.807) is 0 Å². The molecule has 1 N–H and O–H groups in total. The maximum atomic E-state index is 11.7. The van der Waals surface area contributed by atoms with Gasteiger partial charge >= 0.3 is 5.97 Å². The molecule has 0 aromatic heterocycles. The smallest absolute Gasteiger partial charge is 0.341 e. The summed E-state index contributed by atoms with van der Waals surface area (Å²) in [5.74, 6) is -0.779. The standard InChI is InChI=1S/C10H7Cl5O3/c11-5-4(10(17)18-3-1-2-16)6(12)8(14)9(15)7(5)13/h16H,1-3H2. The Morgan fingerprint density at radius 1 is 0.944 bits per heavy atom. The van der Waals surface area contributed by atoms with Crippen molar-refractivity contribution in [2.24, 2.45) is 0 Å². The Hall–Kier alpha value is 0.1000. The van der Waals surface area contributed by atoms with Crippen LogP contribution in [0.15, 0.2) is 0 Å². The van der Waals surface area contributed by atoms with Crippen molar-refractivity contribution in [1.82, 2.24) is 0 Å². The van der Waals surface area contributed by atoms with Gasteiger partial charge in [-0.25, -0.2) is 4.79 Å². The molecule has 0 radical (unpaired) electrons. The fraction of sp³-hybridized carbons (Fsp3) is 0.300. The lowest BCUT2D eigenvalue weighted by molar-refractivity contribution is 0.0482. The number of carbonyl (C=O) groups is 1. The molecule has 18 heavy (non-hydrogen) atoms. The third-order valence-electron chi connectivity index (χ3n) is 1.95. The second-order valence-electron chi connectivity index (χ2n) is 3.16. The molecular formula is C10H7Cl5O3. The number of esters is 1. The first-order chi connectivity index (χ1) is 8.41. The summed E-state index contributed by atoms with van der Waals surface area (Å²) in [6, 6.07) is 0. The van der Waals surface area contributed by atoms with E-state index in [1.807, 2.05) is 0 Å². The van der Waals surface area contributed by atoms with E-state index < -0.39 is 5.97 Å². The van der Waals surface area contributed by atoms with Crippen LogP contribution in [0.5, 0.6) is 0 Å². The van der Waals surface area contributed by atoms with Crippen LogP contribution >= 0.6 is 58.0 Å². The highest BCUT2D eigenvalue weighted by Gasteiger charge is 2.24. The van der Waals surface area contributed by atoms with Gasteiger partial charge in [-0.05, 0) is 0 Å². The summed E-state index contributed by atoms with van der Waals surface area (Å²) in [4.78, 5) is 11.7. The first kappa shape index (κ1) is 16.2. The average Bonchev–Trinajstić information content (AvgIpc) is 2.34. The van der Waals surface area contributed by atoms with Gasteiger partial charge in [-0.15, -0.1) is 0 Å². The van der Waals surface area contributed by atoms with E-state index in [9.17, 15) is 4.79 Å². The zero-order valence-electron chi connectivity index (χ0n) is 8.77. The summed E-state index contributed by atoms with van der Waals surface area (Å²) in [7, 11) is 0. The number of carbonyl (C=O) groups excluding carboxylic acids is 1. The van der Waals surface area contributed by atoms with Crippen molar-refractivity contribution in [3.8, 4) is 0 Å². The third kappa shape index (κ3) is 3.35. The SMILES string of the molecule is O=C(OCCCO)c1c(Cl)c(Cl)c(Cl)c(Cl)c1Cl. The Morgan fingerprint density at radius 2 is 1.39 bits per heavy atom. The molecule has 0 saturated heterocycles. The molecule has 0 aliphatic rings. The van der Waals surface area contributed by atoms with Crippen LogP contribution in [0.3, 0.4) is 0 Å². The van der Waals surface area contributed by atoms with Crippen LogP contribution in [-0.4, -0.2) is 24.3 Å². The normalized spacial score (nSPS) is 10.6. The molecule has 100 valence electrons. The van der Waals surface area contributed by atoms with Gasteiger partial charge < -0.3 is 9.84 Å². The second-order valence-corrected chi connectivity index (χ2v) is 5.05. The lowest BCUT2D eigenvalue weighted by Crippen LogP contribution is -2.09. The summed E-state index contributed by atoms with van der Waals surface area (Å²) in [6.07, 6.45) is 0.302. The number of benzene rings is 1. The summed E-state index contributed by atoms with van der Waals surface area (Å²) >= 11 is 29.1. The third-order valence-corrected chi connectivity index (χ3v) is 4.23. The van der Waals surface area contributed by atoms with Gasteiger partial charge in [0.2, 0.25) is 0 Å². The molecule has 0 spiro atoms. The van der Waals surface area contributed by atoms with E-state index >= 15 is 0 Å². The Kier molecular flexibility index (Phi) is 6.31. The Bertz CT molecular complexity index is 446. The molecule has 0 fully saturated rings. The fourth-order valence-electron chi connectivity index (χ4n) is 1.09. The van der Waals surface area contributed by atoms with Gasteiger partial charge in [0.15, 0.2) is 0 Å². The van der Waals surface area contributed by atoms with Crippen molar-refractivity contribution in [1.29, 1.82) is 0 Å². The minimum Gasteiger partial charge on any atom is -0.462 e. The minimum atomic E-state index is -0.779. The lowest BCUT2D eigenvalue weighted by atomic mass is 10.2. The second kappa shape index (κ2) is 7.04. The van der Waals surface area contributed by atoms with Crippen LogP contribution < -0.4 is 0 Å². The highest BCUT2D eigenvalue weighted by atomic mass is 35.5. The van der Waals surface area contributed by atoms with E-state index in [0.717, 1.165) is 0 Å². The van der Waals surface area contributed by atoms with E-state index in [0.29, 0.717) is 6.42 Å². The predicted octanol–water partition coefficient (Wildman–Crippen LogP) is 4.49. The first-order valence-electron chi connectivity index (χ1n) is 4.71. The van der Waals surface area contributed by atoms with Gasteiger partial charge in [0, 0.05) is 13.0 Å². The number of halogens is 5. The number of hydrogen-bond donors (Lipinski definition) is 1. The lowest BCUT2D eigenvalue weighted by Gasteiger charge is -2.11. The van der Waals surface area contributed by atoms with Crippen LogP contribution in [0.25, 0.3) is 0 Å². The highest BCUT2D eigenvalue weighted by molar-refractivity contribution is 6.56. The van der Waals surface area contributed by atoms with Crippen LogP contribution in [0.2, 0.25) is 25.1 Å². The van der Waals surface area contributed by atoms with E-state index in [1.165, 1.54) is 0 Å². The molecule has 0 aliphatic carbocycles. The molecule has 0 bridgehead atoms. The average molecular weight is 352 g/mol. The van der Waals surface area contributed by atoms with Crippen molar-refractivity contribution < 1.29 is 14.6 Å². The monoisotopic (exact) mass is 350 g/mol. The molecule has 1 rings (SSSR count). The van der Waals surface area contributed by atoms with Crippen molar-refractivity contribution in [2.75, 3.05) is 13.2 Å². The maximum absolute atomic E-state index is 11.7. The van der Waals surface area contributed by atoms with Crippen LogP contribution in [-0.2, 0) is 4.74 Å². The molecule has 0 unspecified atom stereocenters. The van der Waals surface area contributed by atoms with E-state index in [2.05, 4.69) is 0 Å². The molecule has 0 heterocycles. The van der Waals surface area contributed by atoms with Gasteiger partial charge in [-0.3, -0.25) is 0 Å². The maximum Gasteiger partial charge on any atom is 0.341 e. The molecule has 0 aliphatic heterocycles. The number of rotatable bonds is 4. The molecule has 0 atom stereocenters. The van der Waals surface area contributed by atoms with Crippen molar-refractivity contribution in [3.63, 3.8) is 0 Å². The van der Waals surface area contributed by atoms with Crippen LogP contribution in [0, 0.1) is 0 Å². The topological polar surface area (TPSA) is 46.5 Å². The summed E-state index contributed by atoms with van der Waals surface area (Å²) in [5.41, 5.74) is -0.143. The number of aliphatic hydroxyl groups is 1. The van der Waals surface area contributed by atoms with Crippen LogP contribution in [0.1, 0.15) is 16.8 Å². The van der Waals surface area contributed by atoms with Gasteiger partial charge in [-0.1, -0.05) is 58.0 Å². The summed E-state index contributed by atoms with van der Waals surface area (Å²) in [6.45, 7) is -0.0727. The molecule has 3 nitrogen and oxygen atoms in total. The summed E-state index contributed by atoms with van der Waals surface area (Å²) < 4.78 is 4.85. The quantitative estimate of drug-likeness (QED) is 0.376. The Labute approximate surface area is 128 Å². The highest BCUT2D eigenvalue weighted by Crippen LogP contribution is 2.44. The predicted molar refractivity (Wildman–Crippen MR) is 73.5 cm³/mol. The van der Waals surface area contributed by atoms with Crippen molar-refractivity contribution in [2.45, 2.75) is 6.42 Å². The number of aliphatic hydroxyl groups excluding tert-OH is 1. The Morgan fingerprint density at radius 3 is 1.83 bits per heavy atom. The molecule has 8 heteroatoms. The molecular weight excluding hydrogens is 345 g/mol. The molecule has 0 saturated carbocycles. The molecule has 1 aromatic carbocycles. The largest absolute Gasteiger partial charge is 0.462 e. The van der Waals surface area contributed by atoms with Crippen molar-refractivity contribution >= 4 is 64.0 Å². The van der Waals surface area contributed by atoms with Gasteiger partial charge in [0.25, 0.3) is 0 Å². The van der Waals surface area contributed by atoms with E-state index in [4.69, 9.17) is 67.8 Å². The number of hydrogen-bond acceptors (Lipinski definition) is 3. The van der Waals surface area contributed by atoms with Crippen molar-refractivity contribution in [3.05, 3.63) is 30.7 Å². The minimum absolute atomic E-state index is 0.0276. The first-order valence-corrected chi connectivity index (χ1v) is 6.60. The zero-order valence-corrected chi connectivity index (χ0v) is 12.6.